The lowest BCUT2D eigenvalue weighted by Gasteiger charge is -2.19. The number of aliphatic carboxylic acids is 1. The van der Waals surface area contributed by atoms with Gasteiger partial charge in [-0.25, -0.2) is 4.98 Å². The van der Waals surface area contributed by atoms with E-state index >= 15 is 0 Å². The monoisotopic (exact) mass is 313 g/mol. The Bertz CT molecular complexity index is 442. The van der Waals surface area contributed by atoms with Crippen LogP contribution in [0.3, 0.4) is 0 Å². The molecule has 0 amide bonds. The van der Waals surface area contributed by atoms with E-state index in [0.29, 0.717) is 5.92 Å². The lowest BCUT2D eigenvalue weighted by atomic mass is 10.1. The van der Waals surface area contributed by atoms with E-state index in [9.17, 15) is 4.79 Å². The van der Waals surface area contributed by atoms with E-state index in [1.165, 1.54) is 17.5 Å². The van der Waals surface area contributed by atoms with Gasteiger partial charge in [-0.2, -0.15) is 0 Å². The van der Waals surface area contributed by atoms with E-state index in [1.807, 2.05) is 6.20 Å². The quantitative estimate of drug-likeness (QED) is 0.673. The number of imidazole rings is 1. The van der Waals surface area contributed by atoms with E-state index in [4.69, 9.17) is 5.11 Å². The molecule has 21 heavy (non-hydrogen) atoms. The van der Waals surface area contributed by atoms with Gasteiger partial charge in [0, 0.05) is 18.4 Å². The molecule has 0 atom stereocenters. The van der Waals surface area contributed by atoms with Crippen molar-refractivity contribution < 1.29 is 9.90 Å². The molecule has 120 valence electrons. The third-order valence-electron chi connectivity index (χ3n) is 3.52. The summed E-state index contributed by atoms with van der Waals surface area (Å²) < 4.78 is 2.18. The molecule has 0 saturated carbocycles. The first-order valence-electron chi connectivity index (χ1n) is 7.61. The second kappa shape index (κ2) is 9.10. The van der Waals surface area contributed by atoms with Crippen LogP contribution >= 0.6 is 11.8 Å². The Balaban J connectivity index is 2.71. The summed E-state index contributed by atoms with van der Waals surface area (Å²) >= 11 is 1.30. The summed E-state index contributed by atoms with van der Waals surface area (Å²) in [5.41, 5.74) is 1.18. The molecule has 0 saturated heterocycles. The van der Waals surface area contributed by atoms with Crippen LogP contribution in [0.25, 0.3) is 0 Å². The molecule has 0 aromatic carbocycles. The molecule has 1 rings (SSSR count). The smallest absolute Gasteiger partial charge is 0.313 e. The summed E-state index contributed by atoms with van der Waals surface area (Å²) in [6, 6.07) is 0. The van der Waals surface area contributed by atoms with Gasteiger partial charge in [0.15, 0.2) is 5.16 Å². The summed E-state index contributed by atoms with van der Waals surface area (Å²) in [7, 11) is 0. The summed E-state index contributed by atoms with van der Waals surface area (Å²) in [5.74, 6) is -0.348. The zero-order valence-electron chi connectivity index (χ0n) is 13.5. The van der Waals surface area contributed by atoms with Gasteiger partial charge in [0.1, 0.15) is 0 Å². The van der Waals surface area contributed by atoms with Crippen molar-refractivity contribution in [1.29, 1.82) is 0 Å². The lowest BCUT2D eigenvalue weighted by molar-refractivity contribution is -0.133. The zero-order valence-corrected chi connectivity index (χ0v) is 14.3. The first-order chi connectivity index (χ1) is 9.99. The normalized spacial score (nSPS) is 11.5. The van der Waals surface area contributed by atoms with Crippen molar-refractivity contribution in [2.45, 2.75) is 51.7 Å². The van der Waals surface area contributed by atoms with Crippen LogP contribution in [0.2, 0.25) is 0 Å². The molecule has 1 N–H and O–H groups in total. The molecule has 0 bridgehead atoms. The number of carboxylic acid groups (broad SMARTS) is 1. The average molecular weight is 313 g/mol. The SMILES string of the molecule is CCN(CC)CCCn1c(C(C)C)cnc1SCC(=O)O. The standard InChI is InChI=1S/C15H27N3O2S/c1-5-17(6-2)8-7-9-18-13(12(3)4)10-16-15(18)21-11-14(19)20/h10,12H,5-9,11H2,1-4H3,(H,19,20). The number of rotatable bonds is 10. The predicted octanol–water partition coefficient (Wildman–Crippen LogP) is 2.92. The molecular weight excluding hydrogens is 286 g/mol. The molecule has 6 heteroatoms. The summed E-state index contributed by atoms with van der Waals surface area (Å²) in [6.45, 7) is 12.7. The Morgan fingerprint density at radius 1 is 1.43 bits per heavy atom. The number of nitrogens with zero attached hydrogens (tertiary/aromatic N) is 3. The van der Waals surface area contributed by atoms with Crippen LogP contribution in [0.5, 0.6) is 0 Å². The Hall–Kier alpha value is -1.01. The maximum atomic E-state index is 10.7. The maximum absolute atomic E-state index is 10.7. The van der Waals surface area contributed by atoms with Crippen molar-refractivity contribution in [1.82, 2.24) is 14.5 Å². The molecular formula is C15H27N3O2S. The van der Waals surface area contributed by atoms with E-state index < -0.39 is 5.97 Å². The highest BCUT2D eigenvalue weighted by Crippen LogP contribution is 2.23. The van der Waals surface area contributed by atoms with Crippen molar-refractivity contribution in [3.05, 3.63) is 11.9 Å². The largest absolute Gasteiger partial charge is 0.481 e. The Morgan fingerprint density at radius 2 is 2.10 bits per heavy atom. The summed E-state index contributed by atoms with van der Waals surface area (Å²) in [6.07, 6.45) is 2.94. The van der Waals surface area contributed by atoms with Crippen LogP contribution in [0, 0.1) is 0 Å². The van der Waals surface area contributed by atoms with Crippen molar-refractivity contribution >= 4 is 17.7 Å². The average Bonchev–Trinajstić information content (AvgIpc) is 2.84. The van der Waals surface area contributed by atoms with E-state index in [2.05, 4.69) is 42.1 Å². The number of hydrogen-bond donors (Lipinski definition) is 1. The highest BCUT2D eigenvalue weighted by atomic mass is 32.2. The fourth-order valence-electron chi connectivity index (χ4n) is 2.29. The molecule has 1 heterocycles. The Labute approximate surface area is 131 Å². The van der Waals surface area contributed by atoms with Crippen molar-refractivity contribution in [3.63, 3.8) is 0 Å². The van der Waals surface area contributed by atoms with Crippen LogP contribution in [-0.2, 0) is 11.3 Å². The maximum Gasteiger partial charge on any atom is 0.313 e. The van der Waals surface area contributed by atoms with Crippen LogP contribution in [0.15, 0.2) is 11.4 Å². The number of hydrogen-bond acceptors (Lipinski definition) is 4. The Morgan fingerprint density at radius 3 is 2.62 bits per heavy atom. The third kappa shape index (κ3) is 5.71. The van der Waals surface area contributed by atoms with Gasteiger partial charge in [-0.05, 0) is 32.0 Å². The molecule has 0 fully saturated rings. The first kappa shape index (κ1) is 18.0. The van der Waals surface area contributed by atoms with Crippen molar-refractivity contribution in [2.75, 3.05) is 25.4 Å². The van der Waals surface area contributed by atoms with Crippen LogP contribution in [0.1, 0.15) is 45.7 Å². The minimum Gasteiger partial charge on any atom is -0.481 e. The summed E-state index contributed by atoms with van der Waals surface area (Å²) in [4.78, 5) is 17.5. The Kier molecular flexibility index (Phi) is 7.82. The van der Waals surface area contributed by atoms with Gasteiger partial charge >= 0.3 is 5.97 Å². The molecule has 0 spiro atoms. The topological polar surface area (TPSA) is 58.4 Å². The van der Waals surface area contributed by atoms with Gasteiger partial charge in [-0.15, -0.1) is 0 Å². The second-order valence-electron chi connectivity index (χ2n) is 5.33. The van der Waals surface area contributed by atoms with Gasteiger partial charge in [0.05, 0.1) is 5.75 Å². The fraction of sp³-hybridized carbons (Fsp3) is 0.733. The summed E-state index contributed by atoms with van der Waals surface area (Å²) in [5, 5.41) is 9.65. The number of carboxylic acids is 1. The minimum absolute atomic E-state index is 0.0601. The molecule has 1 aromatic rings. The van der Waals surface area contributed by atoms with Crippen LogP contribution in [0.4, 0.5) is 0 Å². The van der Waals surface area contributed by atoms with Gasteiger partial charge in [-0.3, -0.25) is 4.79 Å². The first-order valence-corrected chi connectivity index (χ1v) is 8.60. The van der Waals surface area contributed by atoms with Gasteiger partial charge in [0.2, 0.25) is 0 Å². The van der Waals surface area contributed by atoms with Crippen LogP contribution < -0.4 is 0 Å². The lowest BCUT2D eigenvalue weighted by Crippen LogP contribution is -2.25. The fourth-order valence-corrected chi connectivity index (χ4v) is 3.02. The van der Waals surface area contributed by atoms with Gasteiger partial charge in [0.25, 0.3) is 0 Å². The number of aromatic nitrogens is 2. The number of carbonyl (C=O) groups is 1. The molecule has 1 aromatic heterocycles. The minimum atomic E-state index is -0.802. The highest BCUT2D eigenvalue weighted by molar-refractivity contribution is 7.99. The second-order valence-corrected chi connectivity index (χ2v) is 6.28. The highest BCUT2D eigenvalue weighted by Gasteiger charge is 2.14. The predicted molar refractivity (Wildman–Crippen MR) is 87.1 cm³/mol. The van der Waals surface area contributed by atoms with Crippen molar-refractivity contribution in [2.24, 2.45) is 0 Å². The number of thioether (sulfide) groups is 1. The van der Waals surface area contributed by atoms with Crippen LogP contribution in [-0.4, -0.2) is 50.9 Å². The van der Waals surface area contributed by atoms with E-state index in [-0.39, 0.29) is 5.75 Å². The van der Waals surface area contributed by atoms with Gasteiger partial charge < -0.3 is 14.6 Å². The molecule has 0 aliphatic heterocycles. The molecule has 0 aliphatic rings. The van der Waals surface area contributed by atoms with Crippen molar-refractivity contribution in [3.8, 4) is 0 Å². The van der Waals surface area contributed by atoms with Gasteiger partial charge in [-0.1, -0.05) is 39.5 Å². The molecule has 5 nitrogen and oxygen atoms in total. The molecule has 0 radical (unpaired) electrons. The van der Waals surface area contributed by atoms with E-state index in [1.54, 1.807) is 0 Å². The van der Waals surface area contributed by atoms with E-state index in [0.717, 1.165) is 37.8 Å². The zero-order chi connectivity index (χ0) is 15.8. The third-order valence-corrected chi connectivity index (χ3v) is 4.49. The molecule has 0 unspecified atom stereocenters. The molecule has 0 aliphatic carbocycles.